The van der Waals surface area contributed by atoms with Crippen LogP contribution in [0.25, 0.3) is 0 Å². The first-order valence-corrected chi connectivity index (χ1v) is 4.64. The molecule has 11 heavy (non-hydrogen) atoms. The van der Waals surface area contributed by atoms with Crippen LogP contribution in [0, 0.1) is 5.92 Å². The van der Waals surface area contributed by atoms with E-state index in [0.29, 0.717) is 6.10 Å². The summed E-state index contributed by atoms with van der Waals surface area (Å²) in [6.45, 7) is 3.90. The van der Waals surface area contributed by atoms with Crippen LogP contribution in [-0.4, -0.2) is 19.3 Å². The molecule has 0 aromatic heterocycles. The van der Waals surface area contributed by atoms with E-state index in [1.54, 1.807) is 0 Å². The summed E-state index contributed by atoms with van der Waals surface area (Å²) in [4.78, 5) is 0. The second-order valence-electron chi connectivity index (χ2n) is 3.52. The van der Waals surface area contributed by atoms with Gasteiger partial charge in [0.05, 0.1) is 6.10 Å². The molecule has 0 aromatic carbocycles. The Bertz CT molecular complexity index is 102. The summed E-state index contributed by atoms with van der Waals surface area (Å²) in [5.41, 5.74) is 5.39. The van der Waals surface area contributed by atoms with Crippen LogP contribution in [0.15, 0.2) is 0 Å². The summed E-state index contributed by atoms with van der Waals surface area (Å²) in [5.74, 6) is 0.885. The molecule has 1 rings (SSSR count). The first kappa shape index (κ1) is 9.01. The lowest BCUT2D eigenvalue weighted by atomic mass is 10.2. The Morgan fingerprint density at radius 3 is 2.82 bits per heavy atom. The maximum Gasteiger partial charge on any atom is 0.0547 e. The van der Waals surface area contributed by atoms with Crippen LogP contribution < -0.4 is 5.73 Å². The van der Waals surface area contributed by atoms with Gasteiger partial charge in [-0.05, 0) is 45.1 Å². The lowest BCUT2D eigenvalue weighted by Crippen LogP contribution is -2.12. The SMILES string of the molecule is CC(CCCN)OCC1CC1. The molecule has 2 nitrogen and oxygen atoms in total. The summed E-state index contributed by atoms with van der Waals surface area (Å²) in [5, 5.41) is 0. The van der Waals surface area contributed by atoms with Gasteiger partial charge in [-0.15, -0.1) is 0 Å². The summed E-state index contributed by atoms with van der Waals surface area (Å²) in [6.07, 6.45) is 5.38. The largest absolute Gasteiger partial charge is 0.378 e. The third-order valence-electron chi connectivity index (χ3n) is 2.13. The quantitative estimate of drug-likeness (QED) is 0.634. The van der Waals surface area contributed by atoms with E-state index in [2.05, 4.69) is 6.92 Å². The molecular weight excluding hydrogens is 138 g/mol. The molecule has 66 valence electrons. The van der Waals surface area contributed by atoms with Crippen LogP contribution in [0.5, 0.6) is 0 Å². The lowest BCUT2D eigenvalue weighted by Gasteiger charge is -2.11. The zero-order valence-electron chi connectivity index (χ0n) is 7.38. The van der Waals surface area contributed by atoms with Gasteiger partial charge in [0.15, 0.2) is 0 Å². The second-order valence-corrected chi connectivity index (χ2v) is 3.52. The molecule has 2 heteroatoms. The van der Waals surface area contributed by atoms with Crippen LogP contribution in [0.1, 0.15) is 32.6 Å². The first-order chi connectivity index (χ1) is 5.33. The zero-order valence-corrected chi connectivity index (χ0v) is 7.38. The van der Waals surface area contributed by atoms with Gasteiger partial charge in [0, 0.05) is 6.61 Å². The third kappa shape index (κ3) is 4.38. The van der Waals surface area contributed by atoms with Crippen LogP contribution in [0.3, 0.4) is 0 Å². The van der Waals surface area contributed by atoms with Crippen molar-refractivity contribution in [2.75, 3.05) is 13.2 Å². The highest BCUT2D eigenvalue weighted by Gasteiger charge is 2.21. The summed E-state index contributed by atoms with van der Waals surface area (Å²) in [7, 11) is 0. The highest BCUT2D eigenvalue weighted by Crippen LogP contribution is 2.29. The topological polar surface area (TPSA) is 35.2 Å². The highest BCUT2D eigenvalue weighted by molar-refractivity contribution is 4.72. The smallest absolute Gasteiger partial charge is 0.0547 e. The van der Waals surface area contributed by atoms with Gasteiger partial charge in [0.25, 0.3) is 0 Å². The first-order valence-electron chi connectivity index (χ1n) is 4.64. The molecule has 0 aromatic rings. The Morgan fingerprint density at radius 2 is 2.27 bits per heavy atom. The highest BCUT2D eigenvalue weighted by atomic mass is 16.5. The molecule has 0 aliphatic heterocycles. The molecule has 1 aliphatic carbocycles. The van der Waals surface area contributed by atoms with Crippen LogP contribution >= 0.6 is 0 Å². The molecular formula is C9H19NO. The molecule has 1 saturated carbocycles. The standard InChI is InChI=1S/C9H19NO/c1-8(3-2-6-10)11-7-9-4-5-9/h8-9H,2-7,10H2,1H3. The van der Waals surface area contributed by atoms with Crippen molar-refractivity contribution in [1.29, 1.82) is 0 Å². The normalized spacial score (nSPS) is 20.2. The fourth-order valence-electron chi connectivity index (χ4n) is 1.07. The molecule has 0 heterocycles. The summed E-state index contributed by atoms with van der Waals surface area (Å²) >= 11 is 0. The van der Waals surface area contributed by atoms with Gasteiger partial charge in [0.2, 0.25) is 0 Å². The minimum Gasteiger partial charge on any atom is -0.378 e. The van der Waals surface area contributed by atoms with Gasteiger partial charge in [-0.3, -0.25) is 0 Å². The molecule has 1 fully saturated rings. The predicted molar refractivity (Wildman–Crippen MR) is 46.4 cm³/mol. The van der Waals surface area contributed by atoms with Crippen LogP contribution in [0.4, 0.5) is 0 Å². The number of hydrogen-bond donors (Lipinski definition) is 1. The maximum absolute atomic E-state index is 5.61. The predicted octanol–water partition coefficient (Wildman–Crippen LogP) is 1.54. The average Bonchev–Trinajstić information content (AvgIpc) is 2.80. The second kappa shape index (κ2) is 4.73. The van der Waals surface area contributed by atoms with Crippen molar-refractivity contribution in [1.82, 2.24) is 0 Å². The Kier molecular flexibility index (Phi) is 3.87. The fraction of sp³-hybridized carbons (Fsp3) is 1.00. The van der Waals surface area contributed by atoms with E-state index in [-0.39, 0.29) is 0 Å². The van der Waals surface area contributed by atoms with Crippen molar-refractivity contribution in [2.45, 2.75) is 38.7 Å². The van der Waals surface area contributed by atoms with Gasteiger partial charge < -0.3 is 10.5 Å². The third-order valence-corrected chi connectivity index (χ3v) is 2.13. The Balaban J connectivity index is 1.87. The maximum atomic E-state index is 5.61. The van der Waals surface area contributed by atoms with E-state index in [1.165, 1.54) is 12.8 Å². The summed E-state index contributed by atoms with van der Waals surface area (Å²) in [6, 6.07) is 0. The summed E-state index contributed by atoms with van der Waals surface area (Å²) < 4.78 is 5.61. The van der Waals surface area contributed by atoms with Gasteiger partial charge in [-0.25, -0.2) is 0 Å². The van der Waals surface area contributed by atoms with Gasteiger partial charge in [-0.1, -0.05) is 0 Å². The Labute approximate surface area is 69.1 Å². The van der Waals surface area contributed by atoms with E-state index < -0.39 is 0 Å². The van der Waals surface area contributed by atoms with E-state index in [4.69, 9.17) is 10.5 Å². The fourth-order valence-corrected chi connectivity index (χ4v) is 1.07. The van der Waals surface area contributed by atoms with E-state index in [1.807, 2.05) is 0 Å². The monoisotopic (exact) mass is 157 g/mol. The average molecular weight is 157 g/mol. The molecule has 1 aliphatic rings. The van der Waals surface area contributed by atoms with E-state index in [9.17, 15) is 0 Å². The van der Waals surface area contributed by atoms with Gasteiger partial charge in [0.1, 0.15) is 0 Å². The molecule has 0 spiro atoms. The number of rotatable bonds is 6. The number of nitrogens with two attached hydrogens (primary N) is 1. The van der Waals surface area contributed by atoms with E-state index >= 15 is 0 Å². The van der Waals surface area contributed by atoms with Crippen molar-refractivity contribution >= 4 is 0 Å². The van der Waals surface area contributed by atoms with Crippen LogP contribution in [0.2, 0.25) is 0 Å². The van der Waals surface area contributed by atoms with Crippen molar-refractivity contribution in [3.8, 4) is 0 Å². The van der Waals surface area contributed by atoms with Crippen molar-refractivity contribution < 1.29 is 4.74 Å². The molecule has 1 atom stereocenters. The Morgan fingerprint density at radius 1 is 1.55 bits per heavy atom. The van der Waals surface area contributed by atoms with Gasteiger partial charge >= 0.3 is 0 Å². The molecule has 0 radical (unpaired) electrons. The molecule has 0 amide bonds. The van der Waals surface area contributed by atoms with Gasteiger partial charge in [-0.2, -0.15) is 0 Å². The zero-order chi connectivity index (χ0) is 8.10. The van der Waals surface area contributed by atoms with Crippen molar-refractivity contribution in [3.63, 3.8) is 0 Å². The lowest BCUT2D eigenvalue weighted by molar-refractivity contribution is 0.0520. The Hall–Kier alpha value is -0.0800. The number of ether oxygens (including phenoxy) is 1. The van der Waals surface area contributed by atoms with E-state index in [0.717, 1.165) is 31.9 Å². The van der Waals surface area contributed by atoms with Crippen molar-refractivity contribution in [3.05, 3.63) is 0 Å². The van der Waals surface area contributed by atoms with Crippen LogP contribution in [-0.2, 0) is 4.74 Å². The molecule has 0 bridgehead atoms. The minimum atomic E-state index is 0.416. The van der Waals surface area contributed by atoms with Crippen molar-refractivity contribution in [2.24, 2.45) is 11.7 Å². The number of hydrogen-bond acceptors (Lipinski definition) is 2. The molecule has 2 N–H and O–H groups in total. The molecule has 0 saturated heterocycles. The minimum absolute atomic E-state index is 0.416. The molecule has 1 unspecified atom stereocenters.